The summed E-state index contributed by atoms with van der Waals surface area (Å²) in [5, 5.41) is 2.98. The lowest BCUT2D eigenvalue weighted by molar-refractivity contribution is 0.312. The van der Waals surface area contributed by atoms with Gasteiger partial charge in [-0.1, -0.05) is 23.7 Å². The highest BCUT2D eigenvalue weighted by molar-refractivity contribution is 6.36. The van der Waals surface area contributed by atoms with E-state index in [2.05, 4.69) is 29.0 Å². The Labute approximate surface area is 130 Å². The van der Waals surface area contributed by atoms with Gasteiger partial charge in [-0.2, -0.15) is 0 Å². The summed E-state index contributed by atoms with van der Waals surface area (Å²) in [6.07, 6.45) is 0.795. The second-order valence-corrected chi connectivity index (χ2v) is 6.01. The van der Waals surface area contributed by atoms with Crippen LogP contribution in [0.15, 0.2) is 24.3 Å². The van der Waals surface area contributed by atoms with E-state index in [4.69, 9.17) is 22.3 Å². The van der Waals surface area contributed by atoms with Crippen LogP contribution in [-0.4, -0.2) is 49.7 Å². The Morgan fingerprint density at radius 2 is 2.00 bits per heavy atom. The molecule has 0 atom stereocenters. The van der Waals surface area contributed by atoms with Crippen molar-refractivity contribution in [2.45, 2.75) is 6.42 Å². The van der Waals surface area contributed by atoms with E-state index >= 15 is 0 Å². The molecule has 0 aliphatic carbocycles. The van der Waals surface area contributed by atoms with Crippen molar-refractivity contribution in [3.63, 3.8) is 0 Å². The van der Waals surface area contributed by atoms with Gasteiger partial charge in [-0.15, -0.1) is 0 Å². The number of nitrogens with two attached hydrogens (primary N) is 1. The second-order valence-electron chi connectivity index (χ2n) is 5.60. The van der Waals surface area contributed by atoms with E-state index < -0.39 is 0 Å². The Kier molecular flexibility index (Phi) is 4.29. The normalized spacial score (nSPS) is 16.6. The van der Waals surface area contributed by atoms with E-state index in [1.165, 1.54) is 0 Å². The summed E-state index contributed by atoms with van der Waals surface area (Å²) in [6, 6.07) is 8.13. The van der Waals surface area contributed by atoms with Gasteiger partial charge in [0.2, 0.25) is 0 Å². The van der Waals surface area contributed by atoms with Crippen molar-refractivity contribution in [2.75, 3.05) is 44.7 Å². The number of hydrogen-bond acceptors (Lipinski definition) is 4. The van der Waals surface area contributed by atoms with Gasteiger partial charge in [0, 0.05) is 43.7 Å². The number of fused-ring (bicyclic) bond motifs is 1. The van der Waals surface area contributed by atoms with Gasteiger partial charge in [0.25, 0.3) is 0 Å². The highest BCUT2D eigenvalue weighted by Crippen LogP contribution is 2.32. The zero-order valence-electron chi connectivity index (χ0n) is 12.3. The molecular formula is C16H21ClN4. The molecule has 5 heteroatoms. The molecule has 0 amide bonds. The minimum atomic E-state index is 0.612. The number of halogens is 1. The fraction of sp³-hybridized carbons (Fsp3) is 0.438. The molecule has 1 aliphatic rings. The van der Waals surface area contributed by atoms with Gasteiger partial charge in [0.15, 0.2) is 0 Å². The molecule has 1 aliphatic heterocycles. The van der Waals surface area contributed by atoms with Crippen LogP contribution in [0.3, 0.4) is 0 Å². The van der Waals surface area contributed by atoms with Crippen LogP contribution >= 0.6 is 11.6 Å². The lowest BCUT2D eigenvalue weighted by Gasteiger charge is -2.34. The highest BCUT2D eigenvalue weighted by atomic mass is 35.5. The maximum Gasteiger partial charge on any atom is 0.138 e. The van der Waals surface area contributed by atoms with E-state index in [9.17, 15) is 0 Å². The van der Waals surface area contributed by atoms with Crippen LogP contribution in [0.1, 0.15) is 5.69 Å². The van der Waals surface area contributed by atoms with Crippen molar-refractivity contribution in [3.05, 3.63) is 35.0 Å². The quantitative estimate of drug-likeness (QED) is 0.944. The van der Waals surface area contributed by atoms with Gasteiger partial charge in [-0.05, 0) is 31.1 Å². The first-order valence-corrected chi connectivity index (χ1v) is 7.78. The first-order valence-electron chi connectivity index (χ1n) is 7.41. The summed E-state index contributed by atoms with van der Waals surface area (Å²) < 4.78 is 0. The molecule has 1 fully saturated rings. The molecule has 1 aromatic carbocycles. The van der Waals surface area contributed by atoms with Crippen molar-refractivity contribution in [1.29, 1.82) is 0 Å². The van der Waals surface area contributed by atoms with Gasteiger partial charge in [0.1, 0.15) is 5.82 Å². The van der Waals surface area contributed by atoms with Gasteiger partial charge in [0.05, 0.1) is 5.02 Å². The number of aromatic nitrogens is 1. The maximum atomic E-state index is 6.44. The third kappa shape index (κ3) is 2.98. The number of anilines is 1. The molecule has 21 heavy (non-hydrogen) atoms. The zero-order valence-corrected chi connectivity index (χ0v) is 13.1. The van der Waals surface area contributed by atoms with Crippen LogP contribution in [0.4, 0.5) is 5.82 Å². The van der Waals surface area contributed by atoms with E-state index in [1.54, 1.807) is 0 Å². The topological polar surface area (TPSA) is 45.4 Å². The summed E-state index contributed by atoms with van der Waals surface area (Å²) >= 11 is 6.44. The molecule has 0 unspecified atom stereocenters. The molecule has 1 aromatic heterocycles. The van der Waals surface area contributed by atoms with Crippen LogP contribution in [0.5, 0.6) is 0 Å². The molecule has 4 nitrogen and oxygen atoms in total. The molecular weight excluding hydrogens is 284 g/mol. The third-order valence-electron chi connectivity index (χ3n) is 4.04. The van der Waals surface area contributed by atoms with Gasteiger partial charge in [-0.25, -0.2) is 4.98 Å². The van der Waals surface area contributed by atoms with E-state index in [1.807, 2.05) is 12.1 Å². The molecule has 3 rings (SSSR count). The summed E-state index contributed by atoms with van der Waals surface area (Å²) in [5.41, 5.74) is 6.74. The van der Waals surface area contributed by atoms with E-state index in [0.717, 1.165) is 59.9 Å². The summed E-state index contributed by atoms with van der Waals surface area (Å²) in [4.78, 5) is 9.52. The van der Waals surface area contributed by atoms with Crippen LogP contribution in [0, 0.1) is 0 Å². The van der Waals surface area contributed by atoms with Crippen LogP contribution in [-0.2, 0) is 6.42 Å². The number of pyridine rings is 1. The van der Waals surface area contributed by atoms with Gasteiger partial charge in [-0.3, -0.25) is 0 Å². The largest absolute Gasteiger partial charge is 0.353 e. The van der Waals surface area contributed by atoms with Crippen molar-refractivity contribution in [3.8, 4) is 0 Å². The Balaban J connectivity index is 2.09. The summed E-state index contributed by atoms with van der Waals surface area (Å²) in [7, 11) is 2.15. The Morgan fingerprint density at radius 1 is 1.24 bits per heavy atom. The van der Waals surface area contributed by atoms with Crippen molar-refractivity contribution in [2.24, 2.45) is 5.73 Å². The average molecular weight is 305 g/mol. The number of piperazine rings is 1. The molecule has 0 radical (unpaired) electrons. The predicted octanol–water partition coefficient (Wildman–Crippen LogP) is 2.14. The standard InChI is InChI=1S/C16H21ClN4/c1-20-7-9-21(10-8-20)16-15-12(3-2-4-14(15)17)11-13(19-16)5-6-18/h2-4,11H,5-10,18H2,1H3. The SMILES string of the molecule is CN1CCN(c2nc(CCN)cc3cccc(Cl)c23)CC1. The number of likely N-dealkylation sites (N-methyl/N-ethyl adjacent to an activating group) is 1. The smallest absolute Gasteiger partial charge is 0.138 e. The predicted molar refractivity (Wildman–Crippen MR) is 89.2 cm³/mol. The number of nitrogens with zero attached hydrogens (tertiary/aromatic N) is 3. The molecule has 0 bridgehead atoms. The minimum Gasteiger partial charge on any atom is -0.353 e. The highest BCUT2D eigenvalue weighted by Gasteiger charge is 2.19. The third-order valence-corrected chi connectivity index (χ3v) is 4.36. The van der Waals surface area contributed by atoms with Crippen molar-refractivity contribution < 1.29 is 0 Å². The number of benzene rings is 1. The number of hydrogen-bond donors (Lipinski definition) is 1. The average Bonchev–Trinajstić information content (AvgIpc) is 2.48. The molecule has 0 spiro atoms. The molecule has 1 saturated heterocycles. The zero-order chi connectivity index (χ0) is 14.8. The lowest BCUT2D eigenvalue weighted by Crippen LogP contribution is -2.45. The second kappa shape index (κ2) is 6.18. The van der Waals surface area contributed by atoms with Crippen LogP contribution < -0.4 is 10.6 Å². The van der Waals surface area contributed by atoms with Crippen molar-refractivity contribution >= 4 is 28.2 Å². The summed E-state index contributed by atoms with van der Waals surface area (Å²) in [5.74, 6) is 1.01. The van der Waals surface area contributed by atoms with Gasteiger partial charge < -0.3 is 15.5 Å². The fourth-order valence-corrected chi connectivity index (χ4v) is 3.09. The molecule has 0 saturated carbocycles. The minimum absolute atomic E-state index is 0.612. The lowest BCUT2D eigenvalue weighted by atomic mass is 10.1. The van der Waals surface area contributed by atoms with E-state index in [-0.39, 0.29) is 0 Å². The van der Waals surface area contributed by atoms with Crippen LogP contribution in [0.25, 0.3) is 10.8 Å². The van der Waals surface area contributed by atoms with Gasteiger partial charge >= 0.3 is 0 Å². The molecule has 112 valence electrons. The monoisotopic (exact) mass is 304 g/mol. The Morgan fingerprint density at radius 3 is 2.71 bits per heavy atom. The Bertz CT molecular complexity index is 635. The first kappa shape index (κ1) is 14.6. The Hall–Kier alpha value is -1.36. The summed E-state index contributed by atoms with van der Waals surface area (Å²) in [6.45, 7) is 4.68. The van der Waals surface area contributed by atoms with E-state index in [0.29, 0.717) is 6.54 Å². The molecule has 2 N–H and O–H groups in total. The molecule has 2 heterocycles. The number of rotatable bonds is 3. The van der Waals surface area contributed by atoms with Crippen molar-refractivity contribution in [1.82, 2.24) is 9.88 Å². The first-order chi connectivity index (χ1) is 10.2. The molecule has 2 aromatic rings. The maximum absolute atomic E-state index is 6.44. The van der Waals surface area contributed by atoms with Crippen LogP contribution in [0.2, 0.25) is 5.02 Å². The fourth-order valence-electron chi connectivity index (χ4n) is 2.82.